The predicted molar refractivity (Wildman–Crippen MR) is 80.7 cm³/mol. The summed E-state index contributed by atoms with van der Waals surface area (Å²) in [6.45, 7) is 1.84. The molecular weight excluding hydrogens is 310 g/mol. The van der Waals surface area contributed by atoms with Crippen molar-refractivity contribution in [2.75, 3.05) is 11.5 Å². The van der Waals surface area contributed by atoms with Gasteiger partial charge in [0.15, 0.2) is 15.0 Å². The third-order valence-corrected chi connectivity index (χ3v) is 6.15. The van der Waals surface area contributed by atoms with E-state index in [9.17, 15) is 13.2 Å². The summed E-state index contributed by atoms with van der Waals surface area (Å²) < 4.78 is 24.7. The molecule has 3 heterocycles. The highest BCUT2D eigenvalue weighted by Crippen LogP contribution is 2.21. The smallest absolute Gasteiger partial charge is 0.271 e. The fourth-order valence-corrected chi connectivity index (χ4v) is 4.87. The molecule has 0 bridgehead atoms. The van der Waals surface area contributed by atoms with E-state index in [1.807, 2.05) is 36.0 Å². The van der Waals surface area contributed by atoms with E-state index in [1.54, 1.807) is 0 Å². The Morgan fingerprint density at radius 2 is 2.14 bits per heavy atom. The molecule has 112 valence electrons. The summed E-state index contributed by atoms with van der Waals surface area (Å²) >= 11 is 1.43. The first-order valence-electron chi connectivity index (χ1n) is 6.57. The first-order chi connectivity index (χ1) is 9.94. The van der Waals surface area contributed by atoms with Crippen LogP contribution in [0.3, 0.4) is 0 Å². The summed E-state index contributed by atoms with van der Waals surface area (Å²) in [5.41, 5.74) is 0.369. The van der Waals surface area contributed by atoms with E-state index in [0.717, 1.165) is 10.0 Å². The van der Waals surface area contributed by atoms with Crippen molar-refractivity contribution in [2.24, 2.45) is 0 Å². The normalized spacial score (nSPS) is 20.5. The topological polar surface area (TPSA) is 81.1 Å². The SMILES string of the molecule is Cc1sc(-n2cccc2)nc1C(=O)N[C@H]1CCS(=O)(=O)C1. The molecule has 2 aromatic rings. The van der Waals surface area contributed by atoms with Crippen LogP contribution in [0.15, 0.2) is 24.5 Å². The maximum atomic E-state index is 12.2. The zero-order valence-electron chi connectivity index (χ0n) is 11.4. The van der Waals surface area contributed by atoms with E-state index in [2.05, 4.69) is 10.3 Å². The lowest BCUT2D eigenvalue weighted by molar-refractivity contribution is 0.0936. The van der Waals surface area contributed by atoms with Gasteiger partial charge in [0.1, 0.15) is 5.69 Å². The van der Waals surface area contributed by atoms with Crippen LogP contribution >= 0.6 is 11.3 Å². The van der Waals surface area contributed by atoms with Crippen molar-refractivity contribution in [1.82, 2.24) is 14.9 Å². The number of hydrogen-bond donors (Lipinski definition) is 1. The van der Waals surface area contributed by atoms with Crippen LogP contribution in [0.25, 0.3) is 5.13 Å². The van der Waals surface area contributed by atoms with E-state index in [-0.39, 0.29) is 23.5 Å². The molecule has 1 atom stereocenters. The lowest BCUT2D eigenvalue weighted by Crippen LogP contribution is -2.36. The summed E-state index contributed by atoms with van der Waals surface area (Å²) in [6.07, 6.45) is 4.20. The fourth-order valence-electron chi connectivity index (χ4n) is 2.33. The molecule has 1 fully saturated rings. The van der Waals surface area contributed by atoms with Crippen LogP contribution in [0.5, 0.6) is 0 Å². The first kappa shape index (κ1) is 14.3. The van der Waals surface area contributed by atoms with Crippen LogP contribution in [0.2, 0.25) is 0 Å². The van der Waals surface area contributed by atoms with Crippen LogP contribution in [0.4, 0.5) is 0 Å². The van der Waals surface area contributed by atoms with E-state index in [0.29, 0.717) is 12.1 Å². The van der Waals surface area contributed by atoms with Gasteiger partial charge in [0.25, 0.3) is 5.91 Å². The summed E-state index contributed by atoms with van der Waals surface area (Å²) in [5.74, 6) is -0.140. The van der Waals surface area contributed by atoms with Crippen LogP contribution in [0, 0.1) is 6.92 Å². The lowest BCUT2D eigenvalue weighted by Gasteiger charge is -2.09. The monoisotopic (exact) mass is 325 g/mol. The highest BCUT2D eigenvalue weighted by Gasteiger charge is 2.30. The molecule has 0 aliphatic carbocycles. The van der Waals surface area contributed by atoms with E-state index in [1.165, 1.54) is 11.3 Å². The Balaban J connectivity index is 1.76. The Hall–Kier alpha value is -1.67. The molecule has 0 saturated carbocycles. The highest BCUT2D eigenvalue weighted by molar-refractivity contribution is 7.91. The van der Waals surface area contributed by atoms with Gasteiger partial charge in [-0.25, -0.2) is 13.4 Å². The van der Waals surface area contributed by atoms with Crippen molar-refractivity contribution in [3.05, 3.63) is 35.1 Å². The molecule has 0 unspecified atom stereocenters. The number of sulfone groups is 1. The standard InChI is InChI=1S/C13H15N3O3S2/c1-9-11(15-13(20-9)16-5-2-3-6-16)12(17)14-10-4-7-21(18,19)8-10/h2-3,5-6,10H,4,7-8H2,1H3,(H,14,17)/t10-/m0/s1. The van der Waals surface area contributed by atoms with Gasteiger partial charge in [-0.2, -0.15) is 0 Å². The lowest BCUT2D eigenvalue weighted by atomic mass is 10.2. The molecular formula is C13H15N3O3S2. The Bertz CT molecular complexity index is 763. The third-order valence-electron chi connectivity index (χ3n) is 3.39. The number of aromatic nitrogens is 2. The van der Waals surface area contributed by atoms with Gasteiger partial charge in [-0.15, -0.1) is 11.3 Å². The van der Waals surface area contributed by atoms with Gasteiger partial charge in [0.2, 0.25) is 0 Å². The van der Waals surface area contributed by atoms with Gasteiger partial charge in [-0.05, 0) is 25.5 Å². The molecule has 2 aromatic heterocycles. The summed E-state index contributed by atoms with van der Waals surface area (Å²) in [4.78, 5) is 17.4. The van der Waals surface area contributed by atoms with Gasteiger partial charge in [0.05, 0.1) is 11.5 Å². The van der Waals surface area contributed by atoms with Gasteiger partial charge < -0.3 is 9.88 Å². The molecule has 3 rings (SSSR count). The number of nitrogens with zero attached hydrogens (tertiary/aromatic N) is 2. The van der Waals surface area contributed by atoms with Gasteiger partial charge in [-0.1, -0.05) is 0 Å². The Morgan fingerprint density at radius 1 is 1.43 bits per heavy atom. The van der Waals surface area contributed by atoms with Crippen molar-refractivity contribution < 1.29 is 13.2 Å². The molecule has 0 spiro atoms. The van der Waals surface area contributed by atoms with Crippen LogP contribution < -0.4 is 5.32 Å². The number of thiazole rings is 1. The summed E-state index contributed by atoms with van der Waals surface area (Å²) in [7, 11) is -3.00. The van der Waals surface area contributed by atoms with Crippen LogP contribution in [-0.4, -0.2) is 41.4 Å². The quantitative estimate of drug-likeness (QED) is 0.918. The van der Waals surface area contributed by atoms with E-state index < -0.39 is 9.84 Å². The minimum atomic E-state index is -3.00. The van der Waals surface area contributed by atoms with Crippen molar-refractivity contribution in [3.63, 3.8) is 0 Å². The minimum Gasteiger partial charge on any atom is -0.347 e. The number of nitrogens with one attached hydrogen (secondary N) is 1. The van der Waals surface area contributed by atoms with Crippen molar-refractivity contribution >= 4 is 27.1 Å². The number of hydrogen-bond acceptors (Lipinski definition) is 5. The third kappa shape index (κ3) is 3.01. The Morgan fingerprint density at radius 3 is 2.76 bits per heavy atom. The average Bonchev–Trinajstić information content (AvgIpc) is 3.09. The second kappa shape index (κ2) is 5.27. The molecule has 1 aliphatic heterocycles. The molecule has 1 N–H and O–H groups in total. The maximum Gasteiger partial charge on any atom is 0.271 e. The Kier molecular flexibility index (Phi) is 3.58. The second-order valence-electron chi connectivity index (χ2n) is 5.06. The Labute approximate surface area is 126 Å². The molecule has 1 aliphatic rings. The second-order valence-corrected chi connectivity index (χ2v) is 8.48. The molecule has 21 heavy (non-hydrogen) atoms. The zero-order chi connectivity index (χ0) is 15.0. The van der Waals surface area contributed by atoms with Gasteiger partial charge in [-0.3, -0.25) is 4.79 Å². The number of amides is 1. The fraction of sp³-hybridized carbons (Fsp3) is 0.385. The molecule has 8 heteroatoms. The maximum absolute atomic E-state index is 12.2. The first-order valence-corrected chi connectivity index (χ1v) is 9.20. The average molecular weight is 325 g/mol. The van der Waals surface area contributed by atoms with Crippen molar-refractivity contribution in [2.45, 2.75) is 19.4 Å². The number of carbonyl (C=O) groups is 1. The summed E-state index contributed by atoms with van der Waals surface area (Å²) in [5, 5.41) is 3.49. The largest absolute Gasteiger partial charge is 0.347 e. The van der Waals surface area contributed by atoms with E-state index >= 15 is 0 Å². The number of carbonyl (C=O) groups excluding carboxylic acids is 1. The molecule has 0 radical (unpaired) electrons. The highest BCUT2D eigenvalue weighted by atomic mass is 32.2. The summed E-state index contributed by atoms with van der Waals surface area (Å²) in [6, 6.07) is 3.47. The van der Waals surface area contributed by atoms with E-state index in [4.69, 9.17) is 0 Å². The van der Waals surface area contributed by atoms with Crippen molar-refractivity contribution in [3.8, 4) is 5.13 Å². The molecule has 0 aromatic carbocycles. The van der Waals surface area contributed by atoms with Crippen LogP contribution in [-0.2, 0) is 9.84 Å². The number of rotatable bonds is 3. The molecule has 1 amide bonds. The van der Waals surface area contributed by atoms with Gasteiger partial charge >= 0.3 is 0 Å². The zero-order valence-corrected chi connectivity index (χ0v) is 13.1. The predicted octanol–water partition coefficient (Wildman–Crippen LogP) is 1.16. The molecule has 1 saturated heterocycles. The number of aryl methyl sites for hydroxylation is 1. The minimum absolute atomic E-state index is 0.0202. The molecule has 6 nitrogen and oxygen atoms in total. The van der Waals surface area contributed by atoms with Gasteiger partial charge in [0, 0.05) is 23.3 Å². The van der Waals surface area contributed by atoms with Crippen molar-refractivity contribution in [1.29, 1.82) is 0 Å². The van der Waals surface area contributed by atoms with Crippen LogP contribution in [0.1, 0.15) is 21.8 Å².